The number of hydrogen-bond acceptors (Lipinski definition) is 1. The van der Waals surface area contributed by atoms with Crippen LogP contribution in [0.25, 0.3) is 0 Å². The van der Waals surface area contributed by atoms with Gasteiger partial charge in [0.15, 0.2) is 0 Å². The maximum Gasteiger partial charge on any atom is 0.0687 e. The lowest BCUT2D eigenvalue weighted by Gasteiger charge is -2.33. The molecule has 0 amide bonds. The van der Waals surface area contributed by atoms with Gasteiger partial charge in [0.2, 0.25) is 0 Å². The Morgan fingerprint density at radius 3 is 2.39 bits per heavy atom. The topological polar surface area (TPSA) is 9.23 Å². The minimum atomic E-state index is 0.0899. The highest BCUT2D eigenvalue weighted by atomic mass is 35.5. The van der Waals surface area contributed by atoms with E-state index < -0.39 is 0 Å². The Balaban J connectivity index is 1.92. The second-order valence-corrected chi connectivity index (χ2v) is 6.92. The van der Waals surface area contributed by atoms with Crippen LogP contribution in [-0.4, -0.2) is 23.5 Å². The van der Waals surface area contributed by atoms with Crippen molar-refractivity contribution in [2.24, 2.45) is 5.41 Å². The SMILES string of the molecule is CCCC(CCl)(CCl)CC1CCC2(CCCC2)O1. The van der Waals surface area contributed by atoms with Crippen LogP contribution in [0.3, 0.4) is 0 Å². The molecule has 0 aromatic carbocycles. The van der Waals surface area contributed by atoms with Crippen LogP contribution in [0, 0.1) is 5.41 Å². The summed E-state index contributed by atoms with van der Waals surface area (Å²) in [7, 11) is 0. The minimum absolute atomic E-state index is 0.0899. The molecule has 18 heavy (non-hydrogen) atoms. The van der Waals surface area contributed by atoms with E-state index in [0.29, 0.717) is 17.9 Å². The predicted molar refractivity (Wildman–Crippen MR) is 78.7 cm³/mol. The first kappa shape index (κ1) is 14.9. The summed E-state index contributed by atoms with van der Waals surface area (Å²) in [4.78, 5) is 0. The van der Waals surface area contributed by atoms with Gasteiger partial charge in [-0.1, -0.05) is 26.2 Å². The van der Waals surface area contributed by atoms with Crippen LogP contribution >= 0.6 is 23.2 Å². The monoisotopic (exact) mass is 292 g/mol. The molecule has 0 radical (unpaired) electrons. The van der Waals surface area contributed by atoms with Gasteiger partial charge in [0.05, 0.1) is 11.7 Å². The summed E-state index contributed by atoms with van der Waals surface area (Å²) in [6.45, 7) is 2.21. The zero-order valence-electron chi connectivity index (χ0n) is 11.5. The number of halogens is 2. The molecule has 106 valence electrons. The largest absolute Gasteiger partial charge is 0.372 e. The van der Waals surface area contributed by atoms with Gasteiger partial charge in [0.1, 0.15) is 0 Å². The molecule has 1 aliphatic carbocycles. The van der Waals surface area contributed by atoms with Crippen molar-refractivity contribution in [2.45, 2.75) is 76.4 Å². The first-order valence-electron chi connectivity index (χ1n) is 7.47. The minimum Gasteiger partial charge on any atom is -0.372 e. The van der Waals surface area contributed by atoms with Gasteiger partial charge < -0.3 is 4.74 Å². The van der Waals surface area contributed by atoms with E-state index in [-0.39, 0.29) is 11.0 Å². The number of hydrogen-bond donors (Lipinski definition) is 0. The van der Waals surface area contributed by atoms with E-state index in [4.69, 9.17) is 27.9 Å². The normalized spacial score (nSPS) is 27.2. The zero-order valence-corrected chi connectivity index (χ0v) is 13.0. The Bertz CT molecular complexity index is 257. The van der Waals surface area contributed by atoms with Gasteiger partial charge in [-0.05, 0) is 43.9 Å². The van der Waals surface area contributed by atoms with Crippen molar-refractivity contribution in [3.05, 3.63) is 0 Å². The third-order valence-corrected chi connectivity index (χ3v) is 6.00. The van der Waals surface area contributed by atoms with E-state index in [1.807, 2.05) is 0 Å². The van der Waals surface area contributed by atoms with E-state index in [1.54, 1.807) is 0 Å². The fraction of sp³-hybridized carbons (Fsp3) is 1.00. The van der Waals surface area contributed by atoms with E-state index in [0.717, 1.165) is 19.3 Å². The molecule has 1 nitrogen and oxygen atoms in total. The van der Waals surface area contributed by atoms with Crippen molar-refractivity contribution in [1.82, 2.24) is 0 Å². The van der Waals surface area contributed by atoms with Crippen LogP contribution in [0.1, 0.15) is 64.7 Å². The summed E-state index contributed by atoms with van der Waals surface area (Å²) >= 11 is 12.4. The van der Waals surface area contributed by atoms with Crippen molar-refractivity contribution in [1.29, 1.82) is 0 Å². The van der Waals surface area contributed by atoms with Crippen molar-refractivity contribution >= 4 is 23.2 Å². The molecule has 1 saturated carbocycles. The molecular formula is C15H26Cl2O. The summed E-state index contributed by atoms with van der Waals surface area (Å²) in [5.74, 6) is 1.33. The lowest BCUT2D eigenvalue weighted by Crippen LogP contribution is -2.32. The van der Waals surface area contributed by atoms with E-state index >= 15 is 0 Å². The second-order valence-electron chi connectivity index (χ2n) is 6.39. The van der Waals surface area contributed by atoms with Crippen LogP contribution in [0.5, 0.6) is 0 Å². The Morgan fingerprint density at radius 1 is 1.17 bits per heavy atom. The number of ether oxygens (including phenoxy) is 1. The third-order valence-electron chi connectivity index (χ3n) is 4.86. The molecule has 1 aliphatic heterocycles. The summed E-state index contributed by atoms with van der Waals surface area (Å²) in [6, 6.07) is 0. The Kier molecular flexibility index (Phi) is 5.25. The molecular weight excluding hydrogens is 267 g/mol. The molecule has 0 aromatic rings. The Morgan fingerprint density at radius 2 is 1.83 bits per heavy atom. The molecule has 1 saturated heterocycles. The molecule has 2 fully saturated rings. The maximum atomic E-state index is 6.40. The highest BCUT2D eigenvalue weighted by Gasteiger charge is 2.44. The lowest BCUT2D eigenvalue weighted by molar-refractivity contribution is -0.0504. The predicted octanol–water partition coefficient (Wildman–Crippen LogP) is 5.13. The zero-order chi connectivity index (χ0) is 13.1. The van der Waals surface area contributed by atoms with E-state index in [1.165, 1.54) is 38.5 Å². The molecule has 0 aromatic heterocycles. The lowest BCUT2D eigenvalue weighted by atomic mass is 9.81. The molecule has 1 unspecified atom stereocenters. The average Bonchev–Trinajstić information content (AvgIpc) is 3.00. The molecule has 2 rings (SSSR count). The summed E-state index contributed by atoms with van der Waals surface area (Å²) < 4.78 is 6.40. The fourth-order valence-corrected chi connectivity index (χ4v) is 4.59. The quantitative estimate of drug-likeness (QED) is 0.617. The second kappa shape index (κ2) is 6.33. The highest BCUT2D eigenvalue weighted by Crippen LogP contribution is 2.46. The van der Waals surface area contributed by atoms with Gasteiger partial charge in [-0.25, -0.2) is 0 Å². The van der Waals surface area contributed by atoms with E-state index in [9.17, 15) is 0 Å². The van der Waals surface area contributed by atoms with Gasteiger partial charge in [0, 0.05) is 11.8 Å². The standard InChI is InChI=1S/C15H26Cl2O/c1-2-6-14(11-16,12-17)10-13-5-9-15(18-13)7-3-4-8-15/h13H,2-12H2,1H3. The van der Waals surface area contributed by atoms with Crippen molar-refractivity contribution in [3.8, 4) is 0 Å². The van der Waals surface area contributed by atoms with Crippen LogP contribution in [0.4, 0.5) is 0 Å². The maximum absolute atomic E-state index is 6.40. The molecule has 0 bridgehead atoms. The molecule has 1 spiro atoms. The van der Waals surface area contributed by atoms with Gasteiger partial charge in [-0.2, -0.15) is 0 Å². The van der Waals surface area contributed by atoms with Gasteiger partial charge >= 0.3 is 0 Å². The van der Waals surface area contributed by atoms with Crippen LogP contribution < -0.4 is 0 Å². The molecule has 0 N–H and O–H groups in total. The summed E-state index contributed by atoms with van der Waals surface area (Å²) in [5.41, 5.74) is 0.327. The third kappa shape index (κ3) is 3.16. The van der Waals surface area contributed by atoms with Crippen molar-refractivity contribution in [3.63, 3.8) is 0 Å². The van der Waals surface area contributed by atoms with Crippen LogP contribution in [0.2, 0.25) is 0 Å². The van der Waals surface area contributed by atoms with Gasteiger partial charge in [0.25, 0.3) is 0 Å². The summed E-state index contributed by atoms with van der Waals surface area (Å²) in [6.07, 6.45) is 11.4. The van der Waals surface area contributed by atoms with Crippen molar-refractivity contribution in [2.75, 3.05) is 11.8 Å². The molecule has 3 heteroatoms. The van der Waals surface area contributed by atoms with Crippen LogP contribution in [-0.2, 0) is 4.74 Å². The van der Waals surface area contributed by atoms with Crippen molar-refractivity contribution < 1.29 is 4.74 Å². The Labute approximate surface area is 122 Å². The summed E-state index contributed by atoms with van der Waals surface area (Å²) in [5, 5.41) is 0. The molecule has 1 atom stereocenters. The van der Waals surface area contributed by atoms with Gasteiger partial charge in [-0.15, -0.1) is 23.2 Å². The molecule has 1 heterocycles. The number of rotatable bonds is 6. The first-order chi connectivity index (χ1) is 8.67. The molecule has 2 aliphatic rings. The average molecular weight is 293 g/mol. The first-order valence-corrected chi connectivity index (χ1v) is 8.54. The Hall–Kier alpha value is 0.540. The number of alkyl halides is 2. The highest BCUT2D eigenvalue weighted by molar-refractivity contribution is 6.21. The smallest absolute Gasteiger partial charge is 0.0687 e. The van der Waals surface area contributed by atoms with Crippen LogP contribution in [0.15, 0.2) is 0 Å². The van der Waals surface area contributed by atoms with E-state index in [2.05, 4.69) is 6.92 Å². The fourth-order valence-electron chi connectivity index (χ4n) is 3.82. The van der Waals surface area contributed by atoms with Gasteiger partial charge in [-0.3, -0.25) is 0 Å².